The van der Waals surface area contributed by atoms with E-state index in [4.69, 9.17) is 13.9 Å². The molecule has 0 aliphatic carbocycles. The number of hydrogen-bond donors (Lipinski definition) is 0. The highest BCUT2D eigenvalue weighted by molar-refractivity contribution is 7.08. The number of allylic oxidation sites excluding steroid dienone is 1. The molecule has 0 aliphatic rings. The van der Waals surface area contributed by atoms with E-state index in [2.05, 4.69) is 52.6 Å². The molecule has 0 aliphatic heterocycles. The maximum atomic E-state index is 5.90. The molecule has 0 saturated carbocycles. The van der Waals surface area contributed by atoms with Crippen molar-refractivity contribution >= 4 is 17.4 Å². The fourth-order valence-corrected chi connectivity index (χ4v) is 3.05. The lowest BCUT2D eigenvalue weighted by molar-refractivity contribution is 0.0742. The smallest absolute Gasteiger partial charge is 0.129 e. The van der Waals surface area contributed by atoms with Crippen molar-refractivity contribution in [1.82, 2.24) is 4.90 Å². The molecule has 0 radical (unpaired) electrons. The van der Waals surface area contributed by atoms with Gasteiger partial charge in [-0.1, -0.05) is 37.0 Å². The normalized spacial score (nSPS) is 12.2. The second kappa shape index (κ2) is 12.5. The van der Waals surface area contributed by atoms with E-state index < -0.39 is 5.60 Å². The SMILES string of the molecule is CCN(C/C=C/C#CC(C)(C)OC)Cc1ccc(COC/C=C/c2ccsc2)o1. The van der Waals surface area contributed by atoms with Crippen LogP contribution in [0.15, 0.2) is 51.6 Å². The van der Waals surface area contributed by atoms with Gasteiger partial charge in [0.25, 0.3) is 0 Å². The Morgan fingerprint density at radius 2 is 2.03 bits per heavy atom. The topological polar surface area (TPSA) is 34.8 Å². The summed E-state index contributed by atoms with van der Waals surface area (Å²) >= 11 is 1.69. The minimum Gasteiger partial charge on any atom is -0.462 e. The van der Waals surface area contributed by atoms with Crippen molar-refractivity contribution < 1.29 is 13.9 Å². The van der Waals surface area contributed by atoms with Crippen LogP contribution in [-0.4, -0.2) is 37.3 Å². The van der Waals surface area contributed by atoms with Gasteiger partial charge in [0.1, 0.15) is 23.7 Å². The molecule has 0 saturated heterocycles. The van der Waals surface area contributed by atoms with Gasteiger partial charge in [-0.05, 0) is 61.0 Å². The Balaban J connectivity index is 1.72. The summed E-state index contributed by atoms with van der Waals surface area (Å²) in [5, 5.41) is 4.17. The zero-order valence-corrected chi connectivity index (χ0v) is 18.6. The molecule has 0 aromatic carbocycles. The van der Waals surface area contributed by atoms with Crippen molar-refractivity contribution in [2.24, 2.45) is 0 Å². The van der Waals surface area contributed by atoms with Crippen LogP contribution in [0.1, 0.15) is 37.9 Å². The first kappa shape index (κ1) is 23.2. The molecule has 2 aromatic rings. The van der Waals surface area contributed by atoms with E-state index in [9.17, 15) is 0 Å². The molecular weight excluding hydrogens is 382 g/mol. The van der Waals surface area contributed by atoms with Gasteiger partial charge in [0.05, 0.1) is 13.2 Å². The summed E-state index contributed by atoms with van der Waals surface area (Å²) in [5.74, 6) is 7.91. The Kier molecular flexibility index (Phi) is 9.96. The Bertz CT molecular complexity index is 822. The van der Waals surface area contributed by atoms with Gasteiger partial charge >= 0.3 is 0 Å². The zero-order chi connectivity index (χ0) is 21.0. The molecule has 29 heavy (non-hydrogen) atoms. The number of methoxy groups -OCH3 is 1. The lowest BCUT2D eigenvalue weighted by Crippen LogP contribution is -2.22. The third kappa shape index (κ3) is 9.29. The van der Waals surface area contributed by atoms with Crippen LogP contribution in [0.4, 0.5) is 0 Å². The van der Waals surface area contributed by atoms with E-state index in [0.29, 0.717) is 13.2 Å². The quantitative estimate of drug-likeness (QED) is 0.366. The molecule has 2 rings (SSSR count). The fraction of sp³-hybridized carbons (Fsp3) is 0.417. The number of likely N-dealkylation sites (N-methyl/N-ethyl adjacent to an activating group) is 1. The predicted octanol–water partition coefficient (Wildman–Crippen LogP) is 5.38. The summed E-state index contributed by atoms with van der Waals surface area (Å²) in [6.07, 6.45) is 8.04. The van der Waals surface area contributed by atoms with E-state index in [0.717, 1.165) is 31.2 Å². The van der Waals surface area contributed by atoms with Gasteiger partial charge in [-0.2, -0.15) is 11.3 Å². The Labute approximate surface area is 178 Å². The maximum Gasteiger partial charge on any atom is 0.129 e. The molecular formula is C24H31NO3S. The van der Waals surface area contributed by atoms with E-state index in [-0.39, 0.29) is 0 Å². The molecule has 2 aromatic heterocycles. The molecule has 0 amide bonds. The molecule has 4 nitrogen and oxygen atoms in total. The molecule has 0 bridgehead atoms. The van der Waals surface area contributed by atoms with Crippen molar-refractivity contribution in [3.05, 3.63) is 64.3 Å². The third-order valence-electron chi connectivity index (χ3n) is 4.30. The van der Waals surface area contributed by atoms with Crippen molar-refractivity contribution in [2.45, 2.75) is 39.5 Å². The molecule has 0 spiro atoms. The van der Waals surface area contributed by atoms with E-state index >= 15 is 0 Å². The number of thiophene rings is 1. The Morgan fingerprint density at radius 3 is 2.76 bits per heavy atom. The summed E-state index contributed by atoms with van der Waals surface area (Å²) in [6.45, 7) is 9.59. The highest BCUT2D eigenvalue weighted by Gasteiger charge is 2.10. The monoisotopic (exact) mass is 413 g/mol. The molecule has 0 unspecified atom stereocenters. The van der Waals surface area contributed by atoms with Crippen LogP contribution in [0, 0.1) is 11.8 Å². The fourth-order valence-electron chi connectivity index (χ4n) is 2.42. The Morgan fingerprint density at radius 1 is 1.21 bits per heavy atom. The van der Waals surface area contributed by atoms with Gasteiger partial charge in [0.15, 0.2) is 0 Å². The number of nitrogens with zero attached hydrogens (tertiary/aromatic N) is 1. The van der Waals surface area contributed by atoms with Crippen LogP contribution in [0.5, 0.6) is 0 Å². The number of furan rings is 1. The second-order valence-electron chi connectivity index (χ2n) is 7.06. The van der Waals surface area contributed by atoms with Gasteiger partial charge in [-0.3, -0.25) is 4.90 Å². The van der Waals surface area contributed by atoms with E-state index in [1.807, 2.05) is 38.1 Å². The van der Waals surface area contributed by atoms with Crippen LogP contribution in [0.2, 0.25) is 0 Å². The molecule has 5 heteroatoms. The number of ether oxygens (including phenoxy) is 2. The molecule has 156 valence electrons. The Hall–Kier alpha value is -2.10. The second-order valence-corrected chi connectivity index (χ2v) is 7.84. The summed E-state index contributed by atoms with van der Waals surface area (Å²) in [5.41, 5.74) is 0.794. The molecule has 2 heterocycles. The molecule has 0 N–H and O–H groups in total. The lowest BCUT2D eigenvalue weighted by Gasteiger charge is -2.16. The minimum atomic E-state index is -0.416. The number of hydrogen-bond acceptors (Lipinski definition) is 5. The maximum absolute atomic E-state index is 5.90. The molecule has 0 fully saturated rings. The third-order valence-corrected chi connectivity index (χ3v) is 5.01. The van der Waals surface area contributed by atoms with Crippen LogP contribution in [0.3, 0.4) is 0 Å². The highest BCUT2D eigenvalue weighted by atomic mass is 32.1. The van der Waals surface area contributed by atoms with Gasteiger partial charge in [-0.15, -0.1) is 0 Å². The van der Waals surface area contributed by atoms with Crippen molar-refractivity contribution in [2.75, 3.05) is 26.8 Å². The van der Waals surface area contributed by atoms with Crippen LogP contribution in [0.25, 0.3) is 6.08 Å². The zero-order valence-electron chi connectivity index (χ0n) is 17.8. The van der Waals surface area contributed by atoms with Crippen LogP contribution in [-0.2, 0) is 22.6 Å². The lowest BCUT2D eigenvalue weighted by atomic mass is 10.1. The first-order chi connectivity index (χ1) is 14.0. The summed E-state index contributed by atoms with van der Waals surface area (Å²) < 4.78 is 16.8. The van der Waals surface area contributed by atoms with E-state index in [1.54, 1.807) is 18.4 Å². The predicted molar refractivity (Wildman–Crippen MR) is 121 cm³/mol. The number of rotatable bonds is 11. The van der Waals surface area contributed by atoms with Crippen molar-refractivity contribution in [1.29, 1.82) is 0 Å². The average Bonchev–Trinajstić information content (AvgIpc) is 3.38. The van der Waals surface area contributed by atoms with Crippen molar-refractivity contribution in [3.8, 4) is 11.8 Å². The van der Waals surface area contributed by atoms with Crippen LogP contribution < -0.4 is 0 Å². The highest BCUT2D eigenvalue weighted by Crippen LogP contribution is 2.12. The first-order valence-corrected chi connectivity index (χ1v) is 10.8. The molecule has 0 atom stereocenters. The van der Waals surface area contributed by atoms with Gasteiger partial charge in [0, 0.05) is 13.7 Å². The summed E-state index contributed by atoms with van der Waals surface area (Å²) in [6, 6.07) is 6.09. The van der Waals surface area contributed by atoms with E-state index in [1.165, 1.54) is 5.56 Å². The van der Waals surface area contributed by atoms with Crippen LogP contribution >= 0.6 is 11.3 Å². The standard InChI is InChI=1S/C24H31NO3S/c1-5-25(15-8-6-7-14-24(2,3)26-4)18-22-11-12-23(28-22)19-27-16-9-10-21-13-17-29-20-21/h6,8-13,17,20H,5,15-16,18-19H2,1-4H3/b8-6+,10-9+. The van der Waals surface area contributed by atoms with Crippen molar-refractivity contribution in [3.63, 3.8) is 0 Å². The van der Waals surface area contributed by atoms with Gasteiger partial charge in [0.2, 0.25) is 0 Å². The first-order valence-electron chi connectivity index (χ1n) is 9.81. The summed E-state index contributed by atoms with van der Waals surface area (Å²) in [7, 11) is 1.67. The average molecular weight is 414 g/mol. The largest absolute Gasteiger partial charge is 0.462 e. The minimum absolute atomic E-state index is 0.416. The van der Waals surface area contributed by atoms with Gasteiger partial charge < -0.3 is 13.9 Å². The van der Waals surface area contributed by atoms with Gasteiger partial charge in [-0.25, -0.2) is 0 Å². The summed E-state index contributed by atoms with van der Waals surface area (Å²) in [4.78, 5) is 2.28.